The molecule has 2 rings (SSSR count). The highest BCUT2D eigenvalue weighted by Crippen LogP contribution is 2.25. The molecule has 1 unspecified atom stereocenters. The third-order valence-corrected chi connectivity index (χ3v) is 3.56. The van der Waals surface area contributed by atoms with Crippen LogP contribution in [0.2, 0.25) is 0 Å². The van der Waals surface area contributed by atoms with Crippen molar-refractivity contribution >= 4 is 0 Å². The van der Waals surface area contributed by atoms with E-state index in [1.54, 1.807) is 0 Å². The molecule has 2 aliphatic rings. The van der Waals surface area contributed by atoms with Gasteiger partial charge in [-0.05, 0) is 38.1 Å². The van der Waals surface area contributed by atoms with E-state index in [1.807, 2.05) is 0 Å². The Morgan fingerprint density at radius 1 is 1.21 bits per heavy atom. The van der Waals surface area contributed by atoms with Gasteiger partial charge in [0.2, 0.25) is 0 Å². The van der Waals surface area contributed by atoms with Crippen LogP contribution in [-0.2, 0) is 4.74 Å². The van der Waals surface area contributed by atoms with E-state index in [2.05, 4.69) is 4.90 Å². The molecule has 14 heavy (non-hydrogen) atoms. The van der Waals surface area contributed by atoms with Crippen molar-refractivity contribution in [2.75, 3.05) is 32.9 Å². The molecule has 2 aliphatic heterocycles. The van der Waals surface area contributed by atoms with Gasteiger partial charge in [-0.2, -0.15) is 0 Å². The van der Waals surface area contributed by atoms with Gasteiger partial charge in [0, 0.05) is 32.4 Å². The van der Waals surface area contributed by atoms with E-state index in [4.69, 9.17) is 9.84 Å². The van der Waals surface area contributed by atoms with Gasteiger partial charge in [-0.1, -0.05) is 0 Å². The smallest absolute Gasteiger partial charge is 0.0480 e. The van der Waals surface area contributed by atoms with E-state index in [-0.39, 0.29) is 0 Å². The molecule has 3 heteroatoms. The van der Waals surface area contributed by atoms with Crippen LogP contribution in [0.3, 0.4) is 0 Å². The predicted molar refractivity (Wildman–Crippen MR) is 55.2 cm³/mol. The monoisotopic (exact) mass is 199 g/mol. The van der Waals surface area contributed by atoms with Crippen molar-refractivity contribution in [3.05, 3.63) is 0 Å². The van der Waals surface area contributed by atoms with Crippen LogP contribution in [0, 0.1) is 5.92 Å². The van der Waals surface area contributed by atoms with Crippen molar-refractivity contribution in [2.45, 2.75) is 31.7 Å². The highest BCUT2D eigenvalue weighted by atomic mass is 16.5. The van der Waals surface area contributed by atoms with Crippen molar-refractivity contribution in [1.82, 2.24) is 4.90 Å². The van der Waals surface area contributed by atoms with E-state index in [0.717, 1.165) is 31.6 Å². The first-order valence-electron chi connectivity index (χ1n) is 5.83. The van der Waals surface area contributed by atoms with Crippen LogP contribution in [0.5, 0.6) is 0 Å². The van der Waals surface area contributed by atoms with Crippen molar-refractivity contribution in [3.63, 3.8) is 0 Å². The second-order valence-corrected chi connectivity index (χ2v) is 4.51. The van der Waals surface area contributed by atoms with Crippen LogP contribution < -0.4 is 0 Å². The van der Waals surface area contributed by atoms with Crippen molar-refractivity contribution in [1.29, 1.82) is 0 Å². The van der Waals surface area contributed by atoms with E-state index >= 15 is 0 Å². The predicted octanol–water partition coefficient (Wildman–Crippen LogP) is 0.870. The number of likely N-dealkylation sites (tertiary alicyclic amines) is 1. The minimum atomic E-state index is 0.353. The van der Waals surface area contributed by atoms with Crippen LogP contribution in [0.4, 0.5) is 0 Å². The molecule has 2 saturated heterocycles. The molecular weight excluding hydrogens is 178 g/mol. The third kappa shape index (κ3) is 2.47. The van der Waals surface area contributed by atoms with Gasteiger partial charge in [-0.15, -0.1) is 0 Å². The zero-order chi connectivity index (χ0) is 9.80. The molecule has 0 radical (unpaired) electrons. The van der Waals surface area contributed by atoms with Gasteiger partial charge in [0.05, 0.1) is 0 Å². The summed E-state index contributed by atoms with van der Waals surface area (Å²) in [5.41, 5.74) is 0. The van der Waals surface area contributed by atoms with Gasteiger partial charge in [-0.3, -0.25) is 4.90 Å². The first-order valence-corrected chi connectivity index (χ1v) is 5.83. The first kappa shape index (κ1) is 10.4. The summed E-state index contributed by atoms with van der Waals surface area (Å²) in [7, 11) is 0. The Labute approximate surface area is 86.0 Å². The lowest BCUT2D eigenvalue weighted by Gasteiger charge is -2.31. The van der Waals surface area contributed by atoms with Crippen LogP contribution in [0.15, 0.2) is 0 Å². The number of rotatable bonds is 3. The number of aliphatic hydroxyl groups excluding tert-OH is 1. The molecule has 0 amide bonds. The zero-order valence-electron chi connectivity index (χ0n) is 8.82. The highest BCUT2D eigenvalue weighted by molar-refractivity contribution is 4.82. The largest absolute Gasteiger partial charge is 0.396 e. The topological polar surface area (TPSA) is 32.7 Å². The molecule has 0 aliphatic carbocycles. The molecule has 0 aromatic heterocycles. The van der Waals surface area contributed by atoms with Gasteiger partial charge in [0.1, 0.15) is 0 Å². The fourth-order valence-electron chi connectivity index (χ4n) is 2.66. The van der Waals surface area contributed by atoms with Crippen LogP contribution >= 0.6 is 0 Å². The molecule has 0 spiro atoms. The van der Waals surface area contributed by atoms with Gasteiger partial charge >= 0.3 is 0 Å². The summed E-state index contributed by atoms with van der Waals surface area (Å²) >= 11 is 0. The SMILES string of the molecule is OCCC1CCN(C2CCOCC2)C1. The molecule has 2 heterocycles. The second-order valence-electron chi connectivity index (χ2n) is 4.51. The van der Waals surface area contributed by atoms with Gasteiger partial charge in [-0.25, -0.2) is 0 Å². The summed E-state index contributed by atoms with van der Waals surface area (Å²) in [4.78, 5) is 2.60. The molecule has 0 saturated carbocycles. The number of ether oxygens (including phenoxy) is 1. The van der Waals surface area contributed by atoms with E-state index in [0.29, 0.717) is 6.61 Å². The summed E-state index contributed by atoms with van der Waals surface area (Å²) < 4.78 is 5.37. The molecule has 0 bridgehead atoms. The summed E-state index contributed by atoms with van der Waals surface area (Å²) in [6, 6.07) is 0.757. The molecule has 3 nitrogen and oxygen atoms in total. The normalized spacial score (nSPS) is 31.1. The van der Waals surface area contributed by atoms with Gasteiger partial charge < -0.3 is 9.84 Å². The zero-order valence-corrected chi connectivity index (χ0v) is 8.82. The standard InChI is InChI=1S/C11H21NO2/c13-6-2-10-1-5-12(9-10)11-3-7-14-8-4-11/h10-11,13H,1-9H2. The Morgan fingerprint density at radius 2 is 2.00 bits per heavy atom. The second kappa shape index (κ2) is 5.10. The van der Waals surface area contributed by atoms with E-state index < -0.39 is 0 Å². The maximum Gasteiger partial charge on any atom is 0.0480 e. The Hall–Kier alpha value is -0.120. The van der Waals surface area contributed by atoms with Gasteiger partial charge in [0.15, 0.2) is 0 Å². The van der Waals surface area contributed by atoms with Crippen molar-refractivity contribution in [3.8, 4) is 0 Å². The lowest BCUT2D eigenvalue weighted by molar-refractivity contribution is 0.0408. The maximum absolute atomic E-state index is 8.88. The summed E-state index contributed by atoms with van der Waals surface area (Å²) in [6.45, 7) is 4.66. The van der Waals surface area contributed by atoms with E-state index in [9.17, 15) is 0 Å². The molecule has 2 fully saturated rings. The number of nitrogens with zero attached hydrogens (tertiary/aromatic N) is 1. The molecular formula is C11H21NO2. The summed E-state index contributed by atoms with van der Waals surface area (Å²) in [5, 5.41) is 8.88. The first-order chi connectivity index (χ1) is 6.90. The lowest BCUT2D eigenvalue weighted by Crippen LogP contribution is -2.37. The van der Waals surface area contributed by atoms with Crippen LogP contribution in [0.1, 0.15) is 25.7 Å². The molecule has 0 aromatic carbocycles. The fourth-order valence-corrected chi connectivity index (χ4v) is 2.66. The minimum absolute atomic E-state index is 0.353. The average molecular weight is 199 g/mol. The summed E-state index contributed by atoms with van der Waals surface area (Å²) in [5.74, 6) is 0.739. The Bertz CT molecular complexity index is 169. The third-order valence-electron chi connectivity index (χ3n) is 3.56. The quantitative estimate of drug-likeness (QED) is 0.732. The molecule has 82 valence electrons. The van der Waals surface area contributed by atoms with E-state index in [1.165, 1.54) is 32.4 Å². The van der Waals surface area contributed by atoms with Gasteiger partial charge in [0.25, 0.3) is 0 Å². The summed E-state index contributed by atoms with van der Waals surface area (Å²) in [6.07, 6.45) is 4.66. The maximum atomic E-state index is 8.88. The Kier molecular flexibility index (Phi) is 3.79. The average Bonchev–Trinajstić information content (AvgIpc) is 2.68. The molecule has 1 N–H and O–H groups in total. The van der Waals surface area contributed by atoms with Crippen LogP contribution in [0.25, 0.3) is 0 Å². The highest BCUT2D eigenvalue weighted by Gasteiger charge is 2.28. The van der Waals surface area contributed by atoms with Crippen molar-refractivity contribution in [2.24, 2.45) is 5.92 Å². The Morgan fingerprint density at radius 3 is 2.71 bits per heavy atom. The number of aliphatic hydroxyl groups is 1. The lowest BCUT2D eigenvalue weighted by atomic mass is 10.1. The minimum Gasteiger partial charge on any atom is -0.396 e. The number of hydrogen-bond acceptors (Lipinski definition) is 3. The Balaban J connectivity index is 1.76. The number of hydrogen-bond donors (Lipinski definition) is 1. The van der Waals surface area contributed by atoms with Crippen molar-refractivity contribution < 1.29 is 9.84 Å². The fraction of sp³-hybridized carbons (Fsp3) is 1.00. The molecule has 0 aromatic rings. The molecule has 1 atom stereocenters. The van der Waals surface area contributed by atoms with Crippen LogP contribution in [-0.4, -0.2) is 49.0 Å².